The van der Waals surface area contributed by atoms with Gasteiger partial charge in [0.2, 0.25) is 0 Å². The molecule has 0 atom stereocenters. The molecule has 2 rings (SSSR count). The van der Waals surface area contributed by atoms with E-state index < -0.39 is 0 Å². The summed E-state index contributed by atoms with van der Waals surface area (Å²) in [7, 11) is 1.64. The van der Waals surface area contributed by atoms with E-state index >= 15 is 0 Å². The topological polar surface area (TPSA) is 64.2 Å². The second-order valence-corrected chi connectivity index (χ2v) is 8.62. The van der Waals surface area contributed by atoms with E-state index in [0.29, 0.717) is 11.5 Å². The molecular formula is C22H37N2O3+. The smallest absolute Gasteiger partial charge is 0.258 e. The maximum atomic E-state index is 11.9. The van der Waals surface area contributed by atoms with E-state index in [1.165, 1.54) is 50.5 Å². The molecule has 0 unspecified atom stereocenters. The van der Waals surface area contributed by atoms with Crippen LogP contribution in [0.3, 0.4) is 0 Å². The second-order valence-electron chi connectivity index (χ2n) is 8.62. The van der Waals surface area contributed by atoms with Gasteiger partial charge in [0.25, 0.3) is 5.91 Å². The third kappa shape index (κ3) is 8.21. The number of amides is 1. The van der Waals surface area contributed by atoms with Crippen molar-refractivity contribution in [3.63, 3.8) is 0 Å². The fourth-order valence-electron chi connectivity index (χ4n) is 3.58. The van der Waals surface area contributed by atoms with E-state index in [1.54, 1.807) is 7.11 Å². The third-order valence-electron chi connectivity index (χ3n) is 4.94. The van der Waals surface area contributed by atoms with Crippen LogP contribution in [0.5, 0.6) is 11.5 Å². The van der Waals surface area contributed by atoms with Crippen LogP contribution in [0.15, 0.2) is 18.2 Å². The van der Waals surface area contributed by atoms with Crippen LogP contribution in [0.1, 0.15) is 71.3 Å². The van der Waals surface area contributed by atoms with Gasteiger partial charge in [0.15, 0.2) is 18.1 Å². The Bertz CT molecular complexity index is 588. The van der Waals surface area contributed by atoms with Gasteiger partial charge in [0.1, 0.15) is 6.54 Å². The van der Waals surface area contributed by atoms with E-state index in [4.69, 9.17) is 9.47 Å². The molecule has 1 saturated carbocycles. The number of carbonyl (C=O) groups is 1. The van der Waals surface area contributed by atoms with Gasteiger partial charge in [0.05, 0.1) is 13.2 Å². The van der Waals surface area contributed by atoms with Crippen LogP contribution in [0.25, 0.3) is 0 Å². The number of benzene rings is 1. The maximum Gasteiger partial charge on any atom is 0.258 e. The molecule has 1 fully saturated rings. The maximum absolute atomic E-state index is 11.9. The van der Waals surface area contributed by atoms with E-state index in [2.05, 4.69) is 16.7 Å². The van der Waals surface area contributed by atoms with Crippen LogP contribution in [0.4, 0.5) is 0 Å². The lowest BCUT2D eigenvalue weighted by Crippen LogP contribution is -2.88. The molecule has 0 aromatic heterocycles. The summed E-state index contributed by atoms with van der Waals surface area (Å²) in [6.45, 7) is 6.79. The van der Waals surface area contributed by atoms with Gasteiger partial charge in [-0.15, -0.1) is 0 Å². The van der Waals surface area contributed by atoms with Crippen molar-refractivity contribution in [2.75, 3.05) is 13.7 Å². The van der Waals surface area contributed by atoms with Crippen LogP contribution in [-0.4, -0.2) is 31.2 Å². The first-order chi connectivity index (χ1) is 12.9. The van der Waals surface area contributed by atoms with Crippen molar-refractivity contribution in [2.45, 2.75) is 83.8 Å². The highest BCUT2D eigenvalue weighted by atomic mass is 16.5. The summed E-state index contributed by atoms with van der Waals surface area (Å²) in [5.74, 6) is 1.16. The van der Waals surface area contributed by atoms with Crippen molar-refractivity contribution < 1.29 is 19.6 Å². The molecule has 0 radical (unpaired) electrons. The van der Waals surface area contributed by atoms with Gasteiger partial charge >= 0.3 is 0 Å². The van der Waals surface area contributed by atoms with Gasteiger partial charge in [-0.2, -0.15) is 0 Å². The Balaban J connectivity index is 1.87. The summed E-state index contributed by atoms with van der Waals surface area (Å²) < 4.78 is 11.1. The Labute approximate surface area is 164 Å². The van der Waals surface area contributed by atoms with Gasteiger partial charge < -0.3 is 20.1 Å². The average Bonchev–Trinajstić information content (AvgIpc) is 2.57. The minimum atomic E-state index is -0.263. The highest BCUT2D eigenvalue weighted by Gasteiger charge is 2.16. The predicted octanol–water partition coefficient (Wildman–Crippen LogP) is 3.17. The SMILES string of the molecule is COc1cc(C[NH2+]C2CCCCCCC2)ccc1OCC(=O)NC(C)(C)C. The largest absolute Gasteiger partial charge is 0.493 e. The Morgan fingerprint density at radius 2 is 1.78 bits per heavy atom. The zero-order valence-corrected chi connectivity index (χ0v) is 17.5. The van der Waals surface area contributed by atoms with Gasteiger partial charge in [-0.05, 0) is 64.7 Å². The van der Waals surface area contributed by atoms with E-state index in [9.17, 15) is 4.79 Å². The molecule has 3 N–H and O–H groups in total. The van der Waals surface area contributed by atoms with Crippen LogP contribution in [0, 0.1) is 0 Å². The molecule has 5 heteroatoms. The fourth-order valence-corrected chi connectivity index (χ4v) is 3.58. The molecule has 152 valence electrons. The zero-order valence-electron chi connectivity index (χ0n) is 17.5. The highest BCUT2D eigenvalue weighted by Crippen LogP contribution is 2.28. The van der Waals surface area contributed by atoms with Crippen molar-refractivity contribution in [2.24, 2.45) is 0 Å². The molecule has 1 aromatic rings. The number of nitrogens with one attached hydrogen (secondary N) is 1. The lowest BCUT2D eigenvalue weighted by Gasteiger charge is -2.21. The number of methoxy groups -OCH3 is 1. The Morgan fingerprint density at radius 1 is 1.11 bits per heavy atom. The normalized spacial score (nSPS) is 16.3. The number of hydrogen-bond acceptors (Lipinski definition) is 3. The Kier molecular flexibility index (Phi) is 8.42. The minimum Gasteiger partial charge on any atom is -0.493 e. The van der Waals surface area contributed by atoms with Gasteiger partial charge in [-0.3, -0.25) is 4.79 Å². The summed E-state index contributed by atoms with van der Waals surface area (Å²) in [6, 6.07) is 6.73. The number of nitrogens with two attached hydrogens (primary N) is 1. The van der Waals surface area contributed by atoms with Crippen LogP contribution in [-0.2, 0) is 11.3 Å². The quantitative estimate of drug-likeness (QED) is 0.767. The monoisotopic (exact) mass is 377 g/mol. The number of quaternary nitrogens is 1. The zero-order chi connectivity index (χ0) is 19.7. The first-order valence-corrected chi connectivity index (χ1v) is 10.3. The lowest BCUT2D eigenvalue weighted by molar-refractivity contribution is -0.706. The van der Waals surface area contributed by atoms with Crippen molar-refractivity contribution in [1.29, 1.82) is 0 Å². The summed E-state index contributed by atoms with van der Waals surface area (Å²) in [4.78, 5) is 11.9. The molecule has 5 nitrogen and oxygen atoms in total. The lowest BCUT2D eigenvalue weighted by atomic mass is 9.96. The molecule has 1 aliphatic rings. The van der Waals surface area contributed by atoms with Crippen LogP contribution >= 0.6 is 0 Å². The molecule has 27 heavy (non-hydrogen) atoms. The van der Waals surface area contributed by atoms with E-state index in [-0.39, 0.29) is 18.1 Å². The summed E-state index contributed by atoms with van der Waals surface area (Å²) in [5, 5.41) is 5.36. The average molecular weight is 378 g/mol. The summed E-state index contributed by atoms with van der Waals surface area (Å²) >= 11 is 0. The number of ether oxygens (including phenoxy) is 2. The van der Waals surface area contributed by atoms with Crippen molar-refractivity contribution in [3.05, 3.63) is 23.8 Å². The van der Waals surface area contributed by atoms with Gasteiger partial charge in [-0.1, -0.05) is 19.3 Å². The molecule has 0 saturated heterocycles. The van der Waals surface area contributed by atoms with Crippen molar-refractivity contribution in [1.82, 2.24) is 5.32 Å². The Morgan fingerprint density at radius 3 is 2.41 bits per heavy atom. The molecular weight excluding hydrogens is 340 g/mol. The predicted molar refractivity (Wildman–Crippen MR) is 108 cm³/mol. The number of rotatable bonds is 7. The molecule has 1 aromatic carbocycles. The van der Waals surface area contributed by atoms with Crippen molar-refractivity contribution >= 4 is 5.91 Å². The molecule has 0 spiro atoms. The minimum absolute atomic E-state index is 0.0127. The van der Waals surface area contributed by atoms with Crippen molar-refractivity contribution in [3.8, 4) is 11.5 Å². The number of hydrogen-bond donors (Lipinski definition) is 2. The highest BCUT2D eigenvalue weighted by molar-refractivity contribution is 5.78. The standard InChI is InChI=1S/C22H36N2O3/c1-22(2,3)24-21(25)16-27-19-13-12-17(14-20(19)26-4)15-23-18-10-8-6-5-7-9-11-18/h12-14,18,23H,5-11,15-16H2,1-4H3,(H,24,25)/p+1. The van der Waals surface area contributed by atoms with E-state index in [0.717, 1.165) is 12.6 Å². The van der Waals surface area contributed by atoms with E-state index in [1.807, 2.05) is 32.9 Å². The molecule has 0 aliphatic heterocycles. The summed E-state index contributed by atoms with van der Waals surface area (Å²) in [5.41, 5.74) is 0.960. The molecule has 1 aliphatic carbocycles. The Hall–Kier alpha value is -1.75. The molecule has 0 bridgehead atoms. The second kappa shape index (κ2) is 10.5. The number of carbonyl (C=O) groups excluding carboxylic acids is 1. The van der Waals surface area contributed by atoms with Gasteiger partial charge in [-0.25, -0.2) is 0 Å². The van der Waals surface area contributed by atoms with Crippen LogP contribution in [0.2, 0.25) is 0 Å². The summed E-state index contributed by atoms with van der Waals surface area (Å²) in [6.07, 6.45) is 9.52. The first kappa shape index (κ1) is 21.5. The molecule has 1 amide bonds. The third-order valence-corrected chi connectivity index (χ3v) is 4.94. The van der Waals surface area contributed by atoms with Gasteiger partial charge in [0, 0.05) is 11.1 Å². The molecule has 0 heterocycles. The fraction of sp³-hybridized carbons (Fsp3) is 0.682. The first-order valence-electron chi connectivity index (χ1n) is 10.3. The van der Waals surface area contributed by atoms with Crippen LogP contribution < -0.4 is 20.1 Å².